The monoisotopic (exact) mass is 540 g/mol. The van der Waals surface area contributed by atoms with Crippen LogP contribution in [0.15, 0.2) is 66.7 Å². The van der Waals surface area contributed by atoms with Crippen molar-refractivity contribution < 1.29 is 19.0 Å². The first-order valence-corrected chi connectivity index (χ1v) is 14.5. The molecule has 6 heteroatoms. The summed E-state index contributed by atoms with van der Waals surface area (Å²) in [5, 5.41) is 1.07. The van der Waals surface area contributed by atoms with E-state index in [9.17, 15) is 4.79 Å². The number of benzene rings is 3. The number of fused-ring (bicyclic) bond motifs is 2. The first-order chi connectivity index (χ1) is 19.5. The Morgan fingerprint density at radius 3 is 2.40 bits per heavy atom. The normalized spacial score (nSPS) is 16.3. The van der Waals surface area contributed by atoms with Crippen LogP contribution in [0.1, 0.15) is 66.9 Å². The Kier molecular flexibility index (Phi) is 8.17. The van der Waals surface area contributed by atoms with Gasteiger partial charge in [0.15, 0.2) is 5.60 Å². The van der Waals surface area contributed by atoms with Crippen molar-refractivity contribution in [3.63, 3.8) is 0 Å². The minimum absolute atomic E-state index is 0.321. The summed E-state index contributed by atoms with van der Waals surface area (Å²) in [6.45, 7) is 15.0. The first kappa shape index (κ1) is 27.8. The van der Waals surface area contributed by atoms with Gasteiger partial charge in [0.2, 0.25) is 0 Å². The average Bonchev–Trinajstić information content (AvgIpc) is 3.44. The third-order valence-corrected chi connectivity index (χ3v) is 8.04. The van der Waals surface area contributed by atoms with E-state index >= 15 is 0 Å². The summed E-state index contributed by atoms with van der Waals surface area (Å²) in [6.07, 6.45) is 0.764. The smallest absolute Gasteiger partial charge is 0.340 e. The summed E-state index contributed by atoms with van der Waals surface area (Å²) in [5.41, 5.74) is 5.36. The third-order valence-electron chi connectivity index (χ3n) is 8.04. The van der Waals surface area contributed by atoms with Gasteiger partial charge >= 0.3 is 5.97 Å². The molecule has 0 aliphatic carbocycles. The van der Waals surface area contributed by atoms with Gasteiger partial charge in [-0.05, 0) is 58.9 Å². The number of esters is 1. The van der Waals surface area contributed by atoms with Gasteiger partial charge < -0.3 is 23.7 Å². The van der Waals surface area contributed by atoms with Crippen LogP contribution in [-0.2, 0) is 21.6 Å². The van der Waals surface area contributed by atoms with E-state index in [1.54, 1.807) is 0 Å². The molecule has 0 amide bonds. The Morgan fingerprint density at radius 2 is 1.65 bits per heavy atom. The Morgan fingerprint density at radius 1 is 0.900 bits per heavy atom. The molecule has 0 bridgehead atoms. The van der Waals surface area contributed by atoms with Gasteiger partial charge in [-0.3, -0.25) is 0 Å². The van der Waals surface area contributed by atoms with Crippen LogP contribution in [0.5, 0.6) is 5.75 Å². The first-order valence-electron chi connectivity index (χ1n) is 14.5. The summed E-state index contributed by atoms with van der Waals surface area (Å²) in [6, 6.07) is 22.5. The van der Waals surface area contributed by atoms with Crippen molar-refractivity contribution in [2.45, 2.75) is 53.2 Å². The lowest BCUT2D eigenvalue weighted by Crippen LogP contribution is -2.31. The van der Waals surface area contributed by atoms with E-state index in [1.807, 2.05) is 31.2 Å². The second-order valence-corrected chi connectivity index (χ2v) is 10.1. The fourth-order valence-electron chi connectivity index (χ4n) is 6.21. The highest BCUT2D eigenvalue weighted by Crippen LogP contribution is 2.53. The van der Waals surface area contributed by atoms with Crippen LogP contribution in [0.25, 0.3) is 10.9 Å². The summed E-state index contributed by atoms with van der Waals surface area (Å²) in [7, 11) is 0. The molecule has 0 spiro atoms. The maximum Gasteiger partial charge on any atom is 0.340 e. The van der Waals surface area contributed by atoms with Gasteiger partial charge in [-0.15, -0.1) is 0 Å². The molecule has 6 nitrogen and oxygen atoms in total. The molecular weight excluding hydrogens is 500 g/mol. The predicted octanol–water partition coefficient (Wildman–Crippen LogP) is 7.08. The number of carbonyl (C=O) groups excluding carboxylic acids is 1. The number of rotatable bonds is 12. The number of cyclic esters (lactones) is 1. The summed E-state index contributed by atoms with van der Waals surface area (Å²) >= 11 is 0. The van der Waals surface area contributed by atoms with E-state index < -0.39 is 5.60 Å². The van der Waals surface area contributed by atoms with Crippen LogP contribution in [0, 0.1) is 6.92 Å². The fourth-order valence-corrected chi connectivity index (χ4v) is 6.21. The van der Waals surface area contributed by atoms with Crippen molar-refractivity contribution in [1.82, 2.24) is 4.57 Å². The minimum Gasteiger partial charge on any atom is -0.493 e. The standard InChI is InChI=1S/C34H40N2O4/c1-6-35(7-2)25-19-20-29(31(23-25)39-22-14-21-38-9-4)34(28-17-12-10-15-26(28)33(37)40-34)32-24(5)36(8-3)30-18-13-11-16-27(30)32/h10-13,15-20,23H,6-9,14,21-22H2,1-5H3. The Balaban J connectivity index is 1.80. The molecule has 5 rings (SSSR count). The van der Waals surface area contributed by atoms with E-state index in [2.05, 4.69) is 79.6 Å². The van der Waals surface area contributed by atoms with Gasteiger partial charge in [0.1, 0.15) is 5.75 Å². The molecule has 1 aliphatic rings. The van der Waals surface area contributed by atoms with Gasteiger partial charge in [0.05, 0.1) is 12.2 Å². The Hall–Kier alpha value is -3.77. The third kappa shape index (κ3) is 4.54. The molecule has 1 aliphatic heterocycles. The lowest BCUT2D eigenvalue weighted by Gasteiger charge is -2.33. The number of hydrogen-bond donors (Lipinski definition) is 0. The summed E-state index contributed by atoms with van der Waals surface area (Å²) in [4.78, 5) is 15.9. The highest BCUT2D eigenvalue weighted by molar-refractivity contribution is 5.99. The molecule has 4 aromatic rings. The van der Waals surface area contributed by atoms with E-state index in [0.29, 0.717) is 25.4 Å². The highest BCUT2D eigenvalue weighted by Gasteiger charge is 2.52. The van der Waals surface area contributed by atoms with Crippen molar-refractivity contribution in [2.75, 3.05) is 37.8 Å². The number of carbonyl (C=O) groups is 1. The zero-order valence-corrected chi connectivity index (χ0v) is 24.3. The van der Waals surface area contributed by atoms with Crippen molar-refractivity contribution in [2.24, 2.45) is 0 Å². The second kappa shape index (κ2) is 11.8. The van der Waals surface area contributed by atoms with Crippen LogP contribution in [0.2, 0.25) is 0 Å². The molecule has 0 radical (unpaired) electrons. The van der Waals surface area contributed by atoms with E-state index in [4.69, 9.17) is 14.2 Å². The van der Waals surface area contributed by atoms with Crippen molar-refractivity contribution in [1.29, 1.82) is 0 Å². The number of aromatic nitrogens is 1. The van der Waals surface area contributed by atoms with E-state index in [0.717, 1.165) is 70.8 Å². The molecule has 2 heterocycles. The maximum atomic E-state index is 13.6. The lowest BCUT2D eigenvalue weighted by atomic mass is 9.78. The number of ether oxygens (including phenoxy) is 3. The molecule has 1 unspecified atom stereocenters. The fraction of sp³-hybridized carbons (Fsp3) is 0.382. The van der Waals surface area contributed by atoms with Crippen molar-refractivity contribution in [3.8, 4) is 5.75 Å². The van der Waals surface area contributed by atoms with Gasteiger partial charge in [0.25, 0.3) is 0 Å². The van der Waals surface area contributed by atoms with Gasteiger partial charge in [0, 0.05) is 84.3 Å². The molecule has 3 aromatic carbocycles. The lowest BCUT2D eigenvalue weighted by molar-refractivity contribution is 0.0245. The van der Waals surface area contributed by atoms with Crippen LogP contribution in [0.3, 0.4) is 0 Å². The molecule has 0 N–H and O–H groups in total. The minimum atomic E-state index is -1.16. The van der Waals surface area contributed by atoms with Crippen molar-refractivity contribution in [3.05, 3.63) is 94.7 Å². The topological polar surface area (TPSA) is 52.9 Å². The summed E-state index contributed by atoms with van der Waals surface area (Å²) < 4.78 is 21.0. The van der Waals surface area contributed by atoms with Gasteiger partial charge in [-0.25, -0.2) is 4.79 Å². The van der Waals surface area contributed by atoms with E-state index in [-0.39, 0.29) is 5.97 Å². The zero-order valence-electron chi connectivity index (χ0n) is 24.3. The molecule has 0 saturated heterocycles. The maximum absolute atomic E-state index is 13.6. The summed E-state index contributed by atoms with van der Waals surface area (Å²) in [5.74, 6) is 0.400. The Bertz CT molecular complexity index is 1500. The molecule has 210 valence electrons. The highest BCUT2D eigenvalue weighted by atomic mass is 16.6. The number of hydrogen-bond acceptors (Lipinski definition) is 5. The predicted molar refractivity (Wildman–Crippen MR) is 161 cm³/mol. The molecule has 0 fully saturated rings. The largest absolute Gasteiger partial charge is 0.493 e. The SMILES string of the molecule is CCOCCCOc1cc(N(CC)CC)ccc1C1(c2c(C)n(CC)c3ccccc23)OC(=O)c2ccccc21. The second-order valence-electron chi connectivity index (χ2n) is 10.1. The van der Waals surface area contributed by atoms with Crippen LogP contribution < -0.4 is 9.64 Å². The molecule has 0 saturated carbocycles. The number of para-hydroxylation sites is 1. The average molecular weight is 541 g/mol. The van der Waals surface area contributed by atoms with Crippen LogP contribution >= 0.6 is 0 Å². The quantitative estimate of drug-likeness (QED) is 0.142. The number of aryl methyl sites for hydroxylation is 1. The van der Waals surface area contributed by atoms with Crippen molar-refractivity contribution >= 4 is 22.6 Å². The number of anilines is 1. The van der Waals surface area contributed by atoms with Gasteiger partial charge in [-0.2, -0.15) is 0 Å². The zero-order chi connectivity index (χ0) is 28.3. The van der Waals surface area contributed by atoms with Crippen LogP contribution in [0.4, 0.5) is 5.69 Å². The van der Waals surface area contributed by atoms with Gasteiger partial charge in [-0.1, -0.05) is 36.4 Å². The Labute approximate surface area is 237 Å². The molecule has 40 heavy (non-hydrogen) atoms. The van der Waals surface area contributed by atoms with E-state index in [1.165, 1.54) is 0 Å². The molecule has 1 aromatic heterocycles. The number of nitrogens with zero attached hydrogens (tertiary/aromatic N) is 2. The molecule has 1 atom stereocenters. The van der Waals surface area contributed by atoms with Crippen LogP contribution in [-0.4, -0.2) is 43.4 Å². The molecular formula is C34H40N2O4.